The van der Waals surface area contributed by atoms with E-state index < -0.39 is 10.5 Å². The lowest BCUT2D eigenvalue weighted by Crippen LogP contribution is -2.59. The Morgan fingerprint density at radius 3 is 2.57 bits per heavy atom. The molecular weight excluding hydrogens is 302 g/mol. The number of likely N-dealkylation sites (N-methyl/N-ethyl adjacent to an activating group) is 1. The third kappa shape index (κ3) is 3.85. The Morgan fingerprint density at radius 2 is 2.04 bits per heavy atom. The molecule has 1 heterocycles. The lowest BCUT2D eigenvalue weighted by molar-refractivity contribution is -0.385. The molecule has 1 aromatic rings. The minimum absolute atomic E-state index is 0.114. The summed E-state index contributed by atoms with van der Waals surface area (Å²) in [6, 6.07) is 0. The van der Waals surface area contributed by atoms with Gasteiger partial charge in [0.05, 0.1) is 4.92 Å². The van der Waals surface area contributed by atoms with Gasteiger partial charge in [-0.2, -0.15) is 5.10 Å². The molecule has 0 radical (unpaired) electrons. The molecule has 1 aromatic heterocycles. The predicted octanol–water partition coefficient (Wildman–Crippen LogP) is 0.699. The predicted molar refractivity (Wildman–Crippen MR) is 81.5 cm³/mol. The molecule has 1 saturated carbocycles. The number of carbonyl (C=O) groups excluding carboxylic acids is 2. The van der Waals surface area contributed by atoms with Gasteiger partial charge in [-0.15, -0.1) is 0 Å². The summed E-state index contributed by atoms with van der Waals surface area (Å²) in [4.78, 5) is 36.3. The number of aromatic nitrogens is 2. The van der Waals surface area contributed by atoms with Crippen LogP contribution < -0.4 is 5.32 Å². The summed E-state index contributed by atoms with van der Waals surface area (Å²) in [5, 5.41) is 17.3. The standard InChI is InChI=1S/C14H21N5O4/c1-17(2)13(21)14(6-4-3-5-7-14)16-12(20)10-18-9-11(8-15-18)19(22)23/h8-9H,3-7,10H2,1-2H3,(H,16,20). The van der Waals surface area contributed by atoms with E-state index in [1.165, 1.54) is 15.8 Å². The van der Waals surface area contributed by atoms with Crippen LogP contribution in [0.5, 0.6) is 0 Å². The average Bonchev–Trinajstić information content (AvgIpc) is 2.95. The second-order valence-corrected chi connectivity index (χ2v) is 6.04. The molecule has 0 unspecified atom stereocenters. The molecule has 0 aliphatic heterocycles. The van der Waals surface area contributed by atoms with Crippen LogP contribution in [0.4, 0.5) is 5.69 Å². The van der Waals surface area contributed by atoms with E-state index in [9.17, 15) is 19.7 Å². The van der Waals surface area contributed by atoms with Crippen LogP contribution >= 0.6 is 0 Å². The average molecular weight is 323 g/mol. The lowest BCUT2D eigenvalue weighted by Gasteiger charge is -2.38. The lowest BCUT2D eigenvalue weighted by atomic mass is 9.80. The maximum atomic E-state index is 12.5. The molecule has 126 valence electrons. The first-order valence-electron chi connectivity index (χ1n) is 7.54. The SMILES string of the molecule is CN(C)C(=O)C1(NC(=O)Cn2cc([N+](=O)[O-])cn2)CCCCC1. The smallest absolute Gasteiger partial charge is 0.307 e. The van der Waals surface area contributed by atoms with Gasteiger partial charge >= 0.3 is 5.69 Å². The van der Waals surface area contributed by atoms with Gasteiger partial charge in [-0.05, 0) is 12.8 Å². The number of carbonyl (C=O) groups is 2. The maximum absolute atomic E-state index is 12.5. The van der Waals surface area contributed by atoms with Gasteiger partial charge in [0.15, 0.2) is 0 Å². The van der Waals surface area contributed by atoms with Gasteiger partial charge in [-0.3, -0.25) is 24.4 Å². The maximum Gasteiger partial charge on any atom is 0.307 e. The van der Waals surface area contributed by atoms with Crippen molar-refractivity contribution in [3.63, 3.8) is 0 Å². The van der Waals surface area contributed by atoms with Crippen molar-refractivity contribution in [1.82, 2.24) is 20.0 Å². The fourth-order valence-electron chi connectivity index (χ4n) is 2.96. The minimum Gasteiger partial charge on any atom is -0.347 e. The number of hydrogen-bond donors (Lipinski definition) is 1. The van der Waals surface area contributed by atoms with Crippen molar-refractivity contribution in [1.29, 1.82) is 0 Å². The van der Waals surface area contributed by atoms with E-state index in [0.717, 1.165) is 25.5 Å². The van der Waals surface area contributed by atoms with Gasteiger partial charge < -0.3 is 10.2 Å². The summed E-state index contributed by atoms with van der Waals surface area (Å²) in [7, 11) is 3.34. The number of rotatable bonds is 5. The molecule has 9 nitrogen and oxygen atoms in total. The van der Waals surface area contributed by atoms with Gasteiger partial charge in [0, 0.05) is 14.1 Å². The van der Waals surface area contributed by atoms with Gasteiger partial charge in [0.25, 0.3) is 0 Å². The molecule has 0 bridgehead atoms. The normalized spacial score (nSPS) is 16.6. The van der Waals surface area contributed by atoms with Crippen LogP contribution in [0.2, 0.25) is 0 Å². The zero-order valence-electron chi connectivity index (χ0n) is 13.3. The van der Waals surface area contributed by atoms with Crippen molar-refractivity contribution < 1.29 is 14.5 Å². The Hall–Kier alpha value is -2.45. The van der Waals surface area contributed by atoms with E-state index in [0.29, 0.717) is 12.8 Å². The Kier molecular flexibility index (Phi) is 4.97. The van der Waals surface area contributed by atoms with Crippen LogP contribution in [0.25, 0.3) is 0 Å². The number of amides is 2. The highest BCUT2D eigenvalue weighted by Crippen LogP contribution is 2.29. The molecule has 0 saturated heterocycles. The summed E-state index contributed by atoms with van der Waals surface area (Å²) < 4.78 is 1.20. The summed E-state index contributed by atoms with van der Waals surface area (Å²) >= 11 is 0. The molecule has 0 aromatic carbocycles. The Bertz CT molecular complexity index is 604. The third-order valence-corrected chi connectivity index (χ3v) is 4.04. The number of nitrogens with one attached hydrogen (secondary N) is 1. The van der Waals surface area contributed by atoms with Crippen molar-refractivity contribution in [2.75, 3.05) is 14.1 Å². The van der Waals surface area contributed by atoms with E-state index in [1.807, 2.05) is 0 Å². The second kappa shape index (κ2) is 6.76. The van der Waals surface area contributed by atoms with Crippen LogP contribution in [0, 0.1) is 10.1 Å². The second-order valence-electron chi connectivity index (χ2n) is 6.04. The van der Waals surface area contributed by atoms with Crippen molar-refractivity contribution in [2.24, 2.45) is 0 Å². The highest BCUT2D eigenvalue weighted by atomic mass is 16.6. The van der Waals surface area contributed by atoms with Crippen molar-refractivity contribution in [3.8, 4) is 0 Å². The number of nitro groups is 1. The van der Waals surface area contributed by atoms with Crippen LogP contribution in [-0.2, 0) is 16.1 Å². The topological polar surface area (TPSA) is 110 Å². The van der Waals surface area contributed by atoms with Crippen molar-refractivity contribution in [3.05, 3.63) is 22.5 Å². The van der Waals surface area contributed by atoms with Gasteiger partial charge in [0.1, 0.15) is 24.5 Å². The summed E-state index contributed by atoms with van der Waals surface area (Å²) in [6.45, 7) is -0.156. The first-order chi connectivity index (χ1) is 10.8. The minimum atomic E-state index is -0.877. The molecule has 2 rings (SSSR count). The molecule has 0 spiro atoms. The molecular formula is C14H21N5O4. The monoisotopic (exact) mass is 323 g/mol. The Balaban J connectivity index is 2.08. The largest absolute Gasteiger partial charge is 0.347 e. The highest BCUT2D eigenvalue weighted by molar-refractivity contribution is 5.91. The van der Waals surface area contributed by atoms with E-state index >= 15 is 0 Å². The molecule has 1 aliphatic carbocycles. The fourth-order valence-corrected chi connectivity index (χ4v) is 2.96. The molecule has 1 aliphatic rings. The zero-order valence-corrected chi connectivity index (χ0v) is 13.3. The van der Waals surface area contributed by atoms with Crippen LogP contribution in [0.15, 0.2) is 12.4 Å². The highest BCUT2D eigenvalue weighted by Gasteiger charge is 2.41. The van der Waals surface area contributed by atoms with Crippen molar-refractivity contribution >= 4 is 17.5 Å². The zero-order chi connectivity index (χ0) is 17.0. The Labute approximate surface area is 133 Å². The molecule has 23 heavy (non-hydrogen) atoms. The van der Waals surface area contributed by atoms with E-state index in [1.54, 1.807) is 14.1 Å². The van der Waals surface area contributed by atoms with Crippen LogP contribution in [0.1, 0.15) is 32.1 Å². The molecule has 9 heteroatoms. The first kappa shape index (κ1) is 16.9. The summed E-state index contributed by atoms with van der Waals surface area (Å²) in [6.07, 6.45) is 6.31. The van der Waals surface area contributed by atoms with Crippen molar-refractivity contribution in [2.45, 2.75) is 44.2 Å². The van der Waals surface area contributed by atoms with E-state index in [2.05, 4.69) is 10.4 Å². The number of hydrogen-bond acceptors (Lipinski definition) is 5. The molecule has 1 N–H and O–H groups in total. The van der Waals surface area contributed by atoms with Gasteiger partial charge in [-0.1, -0.05) is 19.3 Å². The molecule has 1 fully saturated rings. The van der Waals surface area contributed by atoms with Crippen LogP contribution in [0.3, 0.4) is 0 Å². The molecule has 0 atom stereocenters. The third-order valence-electron chi connectivity index (χ3n) is 4.04. The fraction of sp³-hybridized carbons (Fsp3) is 0.643. The van der Waals surface area contributed by atoms with E-state index in [-0.39, 0.29) is 24.0 Å². The summed E-state index contributed by atoms with van der Waals surface area (Å²) in [5.41, 5.74) is -1.05. The van der Waals surface area contributed by atoms with Gasteiger partial charge in [0.2, 0.25) is 11.8 Å². The van der Waals surface area contributed by atoms with E-state index in [4.69, 9.17) is 0 Å². The number of nitrogens with zero attached hydrogens (tertiary/aromatic N) is 4. The summed E-state index contributed by atoms with van der Waals surface area (Å²) in [5.74, 6) is -0.489. The molecule has 2 amide bonds. The van der Waals surface area contributed by atoms with Gasteiger partial charge in [-0.25, -0.2) is 0 Å². The Morgan fingerprint density at radius 1 is 1.39 bits per heavy atom. The van der Waals surface area contributed by atoms with Crippen LogP contribution in [-0.4, -0.2) is 51.1 Å². The quantitative estimate of drug-likeness (QED) is 0.633. The first-order valence-corrected chi connectivity index (χ1v) is 7.54.